The Kier molecular flexibility index (Phi) is 4.09. The molecule has 1 saturated carbocycles. The molecule has 0 spiro atoms. The van der Waals surface area contributed by atoms with E-state index in [0.29, 0.717) is 31.4 Å². The van der Waals surface area contributed by atoms with E-state index in [4.69, 9.17) is 5.11 Å². The van der Waals surface area contributed by atoms with Gasteiger partial charge in [-0.1, -0.05) is 0 Å². The number of aromatic nitrogens is 2. The minimum atomic E-state index is -0.740. The fourth-order valence-electron chi connectivity index (χ4n) is 2.32. The van der Waals surface area contributed by atoms with Gasteiger partial charge in [-0.2, -0.15) is 0 Å². The summed E-state index contributed by atoms with van der Waals surface area (Å²) in [6.45, 7) is 1.80. The monoisotopic (exact) mass is 263 g/mol. The fraction of sp³-hybridized carbons (Fsp3) is 0.538. The number of rotatable bonds is 3. The van der Waals surface area contributed by atoms with Crippen molar-refractivity contribution in [1.29, 1.82) is 0 Å². The van der Waals surface area contributed by atoms with E-state index in [0.717, 1.165) is 5.69 Å². The molecule has 1 fully saturated rings. The molecule has 2 N–H and O–H groups in total. The normalized spacial score (nSPS) is 22.8. The minimum absolute atomic E-state index is 0.0402. The van der Waals surface area contributed by atoms with Gasteiger partial charge in [-0.05, 0) is 38.7 Å². The van der Waals surface area contributed by atoms with E-state index in [2.05, 4.69) is 15.3 Å². The predicted octanol–water partition coefficient (Wildman–Crippen LogP) is 1.16. The second-order valence-corrected chi connectivity index (χ2v) is 4.90. The Morgan fingerprint density at radius 1 is 1.26 bits per heavy atom. The molecule has 0 unspecified atom stereocenters. The zero-order chi connectivity index (χ0) is 13.8. The van der Waals surface area contributed by atoms with Crippen LogP contribution in [0.25, 0.3) is 0 Å². The lowest BCUT2D eigenvalue weighted by atomic mass is 9.86. The van der Waals surface area contributed by atoms with Gasteiger partial charge >= 0.3 is 5.97 Å². The lowest BCUT2D eigenvalue weighted by molar-refractivity contribution is -0.142. The second-order valence-electron chi connectivity index (χ2n) is 4.90. The molecular weight excluding hydrogens is 246 g/mol. The van der Waals surface area contributed by atoms with E-state index in [1.165, 1.54) is 6.33 Å². The summed E-state index contributed by atoms with van der Waals surface area (Å²) in [5, 5.41) is 11.8. The minimum Gasteiger partial charge on any atom is -0.481 e. The lowest BCUT2D eigenvalue weighted by Gasteiger charge is -2.26. The van der Waals surface area contributed by atoms with Crippen LogP contribution in [0.5, 0.6) is 0 Å². The molecule has 0 radical (unpaired) electrons. The predicted molar refractivity (Wildman–Crippen MR) is 67.6 cm³/mol. The number of amides is 1. The van der Waals surface area contributed by atoms with Crippen LogP contribution in [0, 0.1) is 12.8 Å². The maximum Gasteiger partial charge on any atom is 0.306 e. The Bertz CT molecular complexity index is 482. The van der Waals surface area contributed by atoms with Crippen molar-refractivity contribution < 1.29 is 14.7 Å². The van der Waals surface area contributed by atoms with Gasteiger partial charge in [0.05, 0.1) is 5.92 Å². The third-order valence-corrected chi connectivity index (χ3v) is 3.45. The van der Waals surface area contributed by atoms with E-state index in [1.54, 1.807) is 13.0 Å². The summed E-state index contributed by atoms with van der Waals surface area (Å²) in [5.74, 6) is -1.23. The number of hydrogen-bond acceptors (Lipinski definition) is 4. The average molecular weight is 263 g/mol. The molecule has 1 aliphatic carbocycles. The van der Waals surface area contributed by atoms with Gasteiger partial charge in [0, 0.05) is 11.7 Å². The van der Waals surface area contributed by atoms with Gasteiger partial charge in [-0.3, -0.25) is 9.59 Å². The summed E-state index contributed by atoms with van der Waals surface area (Å²) in [4.78, 5) is 30.7. The summed E-state index contributed by atoms with van der Waals surface area (Å²) in [6.07, 6.45) is 4.00. The van der Waals surface area contributed by atoms with Crippen LogP contribution < -0.4 is 5.32 Å². The number of aryl methyl sites for hydroxylation is 1. The molecule has 1 aromatic heterocycles. The van der Waals surface area contributed by atoms with Gasteiger partial charge in [-0.25, -0.2) is 9.97 Å². The van der Waals surface area contributed by atoms with Gasteiger partial charge in [0.1, 0.15) is 12.0 Å². The van der Waals surface area contributed by atoms with Crippen LogP contribution in [0.2, 0.25) is 0 Å². The molecule has 1 aliphatic rings. The quantitative estimate of drug-likeness (QED) is 0.853. The van der Waals surface area contributed by atoms with Crippen molar-refractivity contribution in [2.24, 2.45) is 5.92 Å². The number of carboxylic acids is 1. The SMILES string of the molecule is Cc1cc(C(=O)NC2CCC(C(=O)O)CC2)ncn1. The number of aliphatic carboxylic acids is 1. The van der Waals surface area contributed by atoms with Gasteiger partial charge in [0.25, 0.3) is 5.91 Å². The Labute approximate surface area is 111 Å². The molecule has 102 valence electrons. The Balaban J connectivity index is 1.89. The molecule has 0 aromatic carbocycles. The second kappa shape index (κ2) is 5.77. The van der Waals surface area contributed by atoms with Gasteiger partial charge < -0.3 is 10.4 Å². The van der Waals surface area contributed by atoms with Crippen molar-refractivity contribution in [3.05, 3.63) is 23.8 Å². The number of carbonyl (C=O) groups excluding carboxylic acids is 1. The van der Waals surface area contributed by atoms with Crippen LogP contribution in [-0.2, 0) is 4.79 Å². The van der Waals surface area contributed by atoms with E-state index < -0.39 is 5.97 Å². The van der Waals surface area contributed by atoms with Crippen LogP contribution in [0.15, 0.2) is 12.4 Å². The third kappa shape index (κ3) is 3.49. The first-order chi connectivity index (χ1) is 9.06. The first-order valence-corrected chi connectivity index (χ1v) is 6.38. The van der Waals surface area contributed by atoms with Crippen molar-refractivity contribution in [2.75, 3.05) is 0 Å². The van der Waals surface area contributed by atoms with Crippen LogP contribution in [0.3, 0.4) is 0 Å². The summed E-state index contributed by atoms with van der Waals surface area (Å²) >= 11 is 0. The highest BCUT2D eigenvalue weighted by molar-refractivity contribution is 5.92. The highest BCUT2D eigenvalue weighted by Crippen LogP contribution is 2.24. The zero-order valence-corrected chi connectivity index (χ0v) is 10.8. The number of nitrogens with zero attached hydrogens (tertiary/aromatic N) is 2. The molecule has 1 heterocycles. The molecule has 2 rings (SSSR count). The van der Waals surface area contributed by atoms with E-state index in [-0.39, 0.29) is 17.9 Å². The van der Waals surface area contributed by atoms with E-state index >= 15 is 0 Å². The van der Waals surface area contributed by atoms with Crippen molar-refractivity contribution >= 4 is 11.9 Å². The molecule has 6 nitrogen and oxygen atoms in total. The maximum absolute atomic E-state index is 12.0. The van der Waals surface area contributed by atoms with Crippen molar-refractivity contribution in [2.45, 2.75) is 38.6 Å². The van der Waals surface area contributed by atoms with Crippen LogP contribution in [0.1, 0.15) is 41.9 Å². The summed E-state index contributed by atoms with van der Waals surface area (Å²) in [5.41, 5.74) is 1.10. The lowest BCUT2D eigenvalue weighted by Crippen LogP contribution is -2.39. The summed E-state index contributed by atoms with van der Waals surface area (Å²) in [7, 11) is 0. The Hall–Kier alpha value is -1.98. The molecule has 0 bridgehead atoms. The Morgan fingerprint density at radius 2 is 1.95 bits per heavy atom. The number of hydrogen-bond donors (Lipinski definition) is 2. The molecule has 19 heavy (non-hydrogen) atoms. The first-order valence-electron chi connectivity index (χ1n) is 6.38. The van der Waals surface area contributed by atoms with Crippen molar-refractivity contribution in [3.8, 4) is 0 Å². The van der Waals surface area contributed by atoms with E-state index in [9.17, 15) is 9.59 Å². The van der Waals surface area contributed by atoms with Gasteiger partial charge in [-0.15, -0.1) is 0 Å². The maximum atomic E-state index is 12.0. The molecule has 1 amide bonds. The number of carboxylic acid groups (broad SMARTS) is 1. The highest BCUT2D eigenvalue weighted by atomic mass is 16.4. The van der Waals surface area contributed by atoms with E-state index in [1.807, 2.05) is 0 Å². The zero-order valence-electron chi connectivity index (χ0n) is 10.8. The molecule has 0 aliphatic heterocycles. The van der Waals surface area contributed by atoms with Gasteiger partial charge in [0.2, 0.25) is 0 Å². The third-order valence-electron chi connectivity index (χ3n) is 3.45. The number of carbonyl (C=O) groups is 2. The summed E-state index contributed by atoms with van der Waals surface area (Å²) in [6, 6.07) is 1.68. The first kappa shape index (κ1) is 13.5. The molecule has 6 heteroatoms. The molecule has 0 saturated heterocycles. The molecular formula is C13H17N3O3. The van der Waals surface area contributed by atoms with Crippen LogP contribution in [0.4, 0.5) is 0 Å². The van der Waals surface area contributed by atoms with Crippen molar-refractivity contribution in [3.63, 3.8) is 0 Å². The summed E-state index contributed by atoms with van der Waals surface area (Å²) < 4.78 is 0. The van der Waals surface area contributed by atoms with Crippen LogP contribution in [-0.4, -0.2) is 33.0 Å². The smallest absolute Gasteiger partial charge is 0.306 e. The highest BCUT2D eigenvalue weighted by Gasteiger charge is 2.27. The Morgan fingerprint density at radius 3 is 2.53 bits per heavy atom. The molecule has 1 aromatic rings. The average Bonchev–Trinajstić information content (AvgIpc) is 2.39. The fourth-order valence-corrected chi connectivity index (χ4v) is 2.32. The van der Waals surface area contributed by atoms with Gasteiger partial charge in [0.15, 0.2) is 0 Å². The molecule has 0 atom stereocenters. The van der Waals surface area contributed by atoms with Crippen LogP contribution >= 0.6 is 0 Å². The topological polar surface area (TPSA) is 92.2 Å². The van der Waals surface area contributed by atoms with Crippen molar-refractivity contribution in [1.82, 2.24) is 15.3 Å². The standard InChI is InChI=1S/C13H17N3O3/c1-8-6-11(15-7-14-8)12(17)16-10-4-2-9(3-5-10)13(18)19/h6-7,9-10H,2-5H2,1H3,(H,16,17)(H,18,19). The number of nitrogens with one attached hydrogen (secondary N) is 1. The largest absolute Gasteiger partial charge is 0.481 e.